The number of hydrogen-bond donors (Lipinski definition) is 1. The van der Waals surface area contributed by atoms with Gasteiger partial charge in [0.1, 0.15) is 0 Å². The normalized spacial score (nSPS) is 11.2. The van der Waals surface area contributed by atoms with Crippen molar-refractivity contribution in [2.75, 3.05) is 6.54 Å². The number of benzene rings is 1. The third kappa shape index (κ3) is 4.65. The lowest BCUT2D eigenvalue weighted by Gasteiger charge is -2.17. The number of nitrogens with one attached hydrogen (secondary N) is 1. The molecule has 0 spiro atoms. The van der Waals surface area contributed by atoms with Gasteiger partial charge in [-0.2, -0.15) is 4.39 Å². The average Bonchev–Trinajstić information content (AvgIpc) is 2.27. The third-order valence-electron chi connectivity index (χ3n) is 2.57. The van der Waals surface area contributed by atoms with Crippen molar-refractivity contribution >= 4 is 11.6 Å². The van der Waals surface area contributed by atoms with E-state index in [4.69, 9.17) is 0 Å². The maximum atomic E-state index is 13.1. The second-order valence-electron chi connectivity index (χ2n) is 5.49. The highest BCUT2D eigenvalue weighted by Crippen LogP contribution is 2.19. The first-order valence-electron chi connectivity index (χ1n) is 5.93. The Labute approximate surface area is 111 Å². The topological polar surface area (TPSA) is 72.2 Å². The molecule has 0 aromatic heterocycles. The molecule has 6 heteroatoms. The second kappa shape index (κ2) is 5.77. The largest absolute Gasteiger partial charge is 0.352 e. The van der Waals surface area contributed by atoms with Crippen LogP contribution in [0.5, 0.6) is 0 Å². The Kier molecular flexibility index (Phi) is 4.58. The van der Waals surface area contributed by atoms with Gasteiger partial charge in [-0.3, -0.25) is 14.9 Å². The first kappa shape index (κ1) is 15.1. The molecule has 0 unspecified atom stereocenters. The first-order valence-corrected chi connectivity index (χ1v) is 5.93. The molecule has 1 N–H and O–H groups in total. The highest BCUT2D eigenvalue weighted by molar-refractivity contribution is 5.94. The minimum Gasteiger partial charge on any atom is -0.352 e. The van der Waals surface area contributed by atoms with Crippen LogP contribution in [0.25, 0.3) is 0 Å². The van der Waals surface area contributed by atoms with Gasteiger partial charge in [-0.1, -0.05) is 20.8 Å². The van der Waals surface area contributed by atoms with Crippen LogP contribution in [0.1, 0.15) is 37.6 Å². The molecule has 0 fully saturated rings. The van der Waals surface area contributed by atoms with Crippen LogP contribution >= 0.6 is 0 Å². The minimum absolute atomic E-state index is 0.0852. The van der Waals surface area contributed by atoms with Crippen molar-refractivity contribution in [2.45, 2.75) is 27.2 Å². The van der Waals surface area contributed by atoms with E-state index in [2.05, 4.69) is 5.32 Å². The third-order valence-corrected chi connectivity index (χ3v) is 2.57. The molecule has 0 atom stereocenters. The van der Waals surface area contributed by atoms with Crippen molar-refractivity contribution in [2.24, 2.45) is 5.41 Å². The Morgan fingerprint density at radius 1 is 1.42 bits per heavy atom. The maximum absolute atomic E-state index is 13.1. The number of nitro benzene ring substituents is 1. The smallest absolute Gasteiger partial charge is 0.305 e. The van der Waals surface area contributed by atoms with Gasteiger partial charge in [0, 0.05) is 18.2 Å². The van der Waals surface area contributed by atoms with E-state index in [0.29, 0.717) is 6.54 Å². The van der Waals surface area contributed by atoms with Crippen LogP contribution in [0, 0.1) is 21.3 Å². The SMILES string of the molecule is CC(C)(C)CCNC(=O)c1ccc(F)c([N+](=O)[O-])c1. The van der Waals surface area contributed by atoms with Crippen molar-refractivity contribution < 1.29 is 14.1 Å². The van der Waals surface area contributed by atoms with Gasteiger partial charge in [-0.25, -0.2) is 0 Å². The maximum Gasteiger partial charge on any atom is 0.305 e. The van der Waals surface area contributed by atoms with E-state index in [1.807, 2.05) is 20.8 Å². The van der Waals surface area contributed by atoms with Gasteiger partial charge in [-0.05, 0) is 24.0 Å². The van der Waals surface area contributed by atoms with Crippen molar-refractivity contribution in [1.29, 1.82) is 0 Å². The van der Waals surface area contributed by atoms with Crippen LogP contribution in [-0.4, -0.2) is 17.4 Å². The summed E-state index contributed by atoms with van der Waals surface area (Å²) in [6.07, 6.45) is 0.780. The van der Waals surface area contributed by atoms with E-state index in [1.54, 1.807) is 0 Å². The predicted octanol–water partition coefficient (Wildman–Crippen LogP) is 2.90. The average molecular weight is 268 g/mol. The summed E-state index contributed by atoms with van der Waals surface area (Å²) in [5.74, 6) is -1.39. The van der Waals surface area contributed by atoms with Crippen LogP contribution in [0.3, 0.4) is 0 Å². The molecule has 0 aliphatic heterocycles. The second-order valence-corrected chi connectivity index (χ2v) is 5.49. The van der Waals surface area contributed by atoms with Crippen molar-refractivity contribution in [1.82, 2.24) is 5.32 Å². The molecule has 0 radical (unpaired) electrons. The van der Waals surface area contributed by atoms with Gasteiger partial charge in [0.05, 0.1) is 4.92 Å². The molecular formula is C13H17FN2O3. The molecular weight excluding hydrogens is 251 g/mol. The van der Waals surface area contributed by atoms with E-state index in [0.717, 1.165) is 18.6 Å². The number of hydrogen-bond acceptors (Lipinski definition) is 3. The zero-order valence-electron chi connectivity index (χ0n) is 11.2. The summed E-state index contributed by atoms with van der Waals surface area (Å²) in [7, 11) is 0. The van der Waals surface area contributed by atoms with Gasteiger partial charge < -0.3 is 5.32 Å². The number of carbonyl (C=O) groups excluding carboxylic acids is 1. The minimum atomic E-state index is -0.948. The summed E-state index contributed by atoms with van der Waals surface area (Å²) in [6.45, 7) is 6.60. The summed E-state index contributed by atoms with van der Waals surface area (Å²) in [6, 6.07) is 3.10. The molecule has 1 amide bonds. The fourth-order valence-corrected chi connectivity index (χ4v) is 1.45. The molecule has 0 saturated carbocycles. The number of nitro groups is 1. The summed E-state index contributed by atoms with van der Waals surface area (Å²) >= 11 is 0. The standard InChI is InChI=1S/C13H17FN2O3/c1-13(2,3)6-7-15-12(17)9-4-5-10(14)11(8-9)16(18)19/h4-5,8H,6-7H2,1-3H3,(H,15,17). The lowest BCUT2D eigenvalue weighted by molar-refractivity contribution is -0.387. The number of amides is 1. The molecule has 0 aliphatic rings. The van der Waals surface area contributed by atoms with E-state index >= 15 is 0 Å². The Balaban J connectivity index is 2.73. The molecule has 0 saturated heterocycles. The van der Waals surface area contributed by atoms with Gasteiger partial charge in [-0.15, -0.1) is 0 Å². The van der Waals surface area contributed by atoms with Crippen molar-refractivity contribution in [3.05, 3.63) is 39.7 Å². The van der Waals surface area contributed by atoms with E-state index in [-0.39, 0.29) is 11.0 Å². The molecule has 104 valence electrons. The van der Waals surface area contributed by atoms with Gasteiger partial charge >= 0.3 is 5.69 Å². The Morgan fingerprint density at radius 3 is 2.58 bits per heavy atom. The van der Waals surface area contributed by atoms with E-state index in [9.17, 15) is 19.3 Å². The Hall–Kier alpha value is -1.98. The van der Waals surface area contributed by atoms with E-state index < -0.39 is 22.3 Å². The monoisotopic (exact) mass is 268 g/mol. The number of carbonyl (C=O) groups is 1. The van der Waals surface area contributed by atoms with Gasteiger partial charge in [0.15, 0.2) is 0 Å². The zero-order valence-corrected chi connectivity index (χ0v) is 11.2. The predicted molar refractivity (Wildman–Crippen MR) is 69.5 cm³/mol. The fourth-order valence-electron chi connectivity index (χ4n) is 1.45. The molecule has 0 aliphatic carbocycles. The molecule has 1 rings (SSSR count). The molecule has 5 nitrogen and oxygen atoms in total. The van der Waals surface area contributed by atoms with Gasteiger partial charge in [0.25, 0.3) is 5.91 Å². The number of nitrogens with zero attached hydrogens (tertiary/aromatic N) is 1. The van der Waals surface area contributed by atoms with Crippen LogP contribution in [0.2, 0.25) is 0 Å². The summed E-state index contributed by atoms with van der Waals surface area (Å²) in [4.78, 5) is 21.5. The van der Waals surface area contributed by atoms with Crippen LogP contribution in [0.4, 0.5) is 10.1 Å². The van der Waals surface area contributed by atoms with Crippen molar-refractivity contribution in [3.63, 3.8) is 0 Å². The van der Waals surface area contributed by atoms with Crippen LogP contribution < -0.4 is 5.32 Å². The fraction of sp³-hybridized carbons (Fsp3) is 0.462. The van der Waals surface area contributed by atoms with Crippen LogP contribution in [-0.2, 0) is 0 Å². The zero-order chi connectivity index (χ0) is 14.6. The number of halogens is 1. The highest BCUT2D eigenvalue weighted by Gasteiger charge is 2.17. The lowest BCUT2D eigenvalue weighted by atomic mass is 9.92. The molecule has 0 heterocycles. The summed E-state index contributed by atoms with van der Waals surface area (Å²) in [5, 5.41) is 13.2. The number of rotatable bonds is 4. The molecule has 19 heavy (non-hydrogen) atoms. The molecule has 1 aromatic carbocycles. The molecule has 0 bridgehead atoms. The molecule has 1 aromatic rings. The van der Waals surface area contributed by atoms with Crippen molar-refractivity contribution in [3.8, 4) is 0 Å². The van der Waals surface area contributed by atoms with Gasteiger partial charge in [0.2, 0.25) is 5.82 Å². The quantitative estimate of drug-likeness (QED) is 0.674. The highest BCUT2D eigenvalue weighted by atomic mass is 19.1. The lowest BCUT2D eigenvalue weighted by Crippen LogP contribution is -2.27. The Morgan fingerprint density at radius 2 is 2.05 bits per heavy atom. The van der Waals surface area contributed by atoms with Crippen LogP contribution in [0.15, 0.2) is 18.2 Å². The van der Waals surface area contributed by atoms with E-state index in [1.165, 1.54) is 6.07 Å². The summed E-state index contributed by atoms with van der Waals surface area (Å²) < 4.78 is 13.1. The Bertz CT molecular complexity index is 495. The first-order chi connectivity index (χ1) is 8.70. The summed E-state index contributed by atoms with van der Waals surface area (Å²) in [5.41, 5.74) is -0.521.